The minimum Gasteiger partial charge on any atom is -0.351 e. The lowest BCUT2D eigenvalue weighted by Gasteiger charge is -2.35. The van der Waals surface area contributed by atoms with E-state index in [2.05, 4.69) is 64.1 Å². The summed E-state index contributed by atoms with van der Waals surface area (Å²) in [6, 6.07) is 7.98. The zero-order chi connectivity index (χ0) is 24.5. The second kappa shape index (κ2) is 13.6. The van der Waals surface area contributed by atoms with E-state index in [1.807, 2.05) is 18.2 Å². The van der Waals surface area contributed by atoms with E-state index < -0.39 is 0 Å². The maximum atomic E-state index is 13.3. The van der Waals surface area contributed by atoms with Gasteiger partial charge >= 0.3 is 0 Å². The van der Waals surface area contributed by atoms with Gasteiger partial charge in [0.1, 0.15) is 0 Å². The Morgan fingerprint density at radius 3 is 2.56 bits per heavy atom. The minimum absolute atomic E-state index is 0.0509. The minimum atomic E-state index is -0.278. The molecule has 2 amide bonds. The average Bonchev–Trinajstić information content (AvgIpc) is 2.95. The van der Waals surface area contributed by atoms with Crippen molar-refractivity contribution in [2.24, 2.45) is 23.5 Å². The summed E-state index contributed by atoms with van der Waals surface area (Å²) in [7, 11) is 0. The normalized spacial score (nSPS) is 28.2. The number of alkyl halides is 1. The number of nitrogens with two attached hydrogens (primary N) is 1. The fourth-order valence-corrected chi connectivity index (χ4v) is 6.05. The number of amides is 2. The number of rotatable bonds is 9. The predicted octanol–water partition coefficient (Wildman–Crippen LogP) is 3.73. The lowest BCUT2D eigenvalue weighted by molar-refractivity contribution is -0.133. The summed E-state index contributed by atoms with van der Waals surface area (Å²) in [6.07, 6.45) is 8.56. The molecule has 7 heteroatoms. The fourth-order valence-electron chi connectivity index (χ4n) is 5.54. The summed E-state index contributed by atoms with van der Waals surface area (Å²) in [4.78, 5) is 27.7. The Balaban J connectivity index is 1.54. The van der Waals surface area contributed by atoms with Crippen molar-refractivity contribution in [2.75, 3.05) is 26.2 Å². The van der Waals surface area contributed by atoms with E-state index in [1.54, 1.807) is 6.08 Å². The number of carbonyl (C=O) groups excluding carboxylic acids is 2. The van der Waals surface area contributed by atoms with Gasteiger partial charge in [0.25, 0.3) is 0 Å². The Labute approximate surface area is 218 Å². The van der Waals surface area contributed by atoms with Crippen LogP contribution in [-0.4, -0.2) is 55.0 Å². The van der Waals surface area contributed by atoms with Crippen molar-refractivity contribution in [1.29, 1.82) is 0 Å². The van der Waals surface area contributed by atoms with Crippen LogP contribution in [0, 0.1) is 17.8 Å². The van der Waals surface area contributed by atoms with E-state index in [9.17, 15) is 9.59 Å². The molecule has 188 valence electrons. The van der Waals surface area contributed by atoms with Gasteiger partial charge in [0, 0.05) is 36.2 Å². The topological polar surface area (TPSA) is 87.5 Å². The summed E-state index contributed by atoms with van der Waals surface area (Å²) in [5, 5.41) is 6.49. The van der Waals surface area contributed by atoms with Crippen molar-refractivity contribution in [2.45, 2.75) is 62.5 Å². The summed E-state index contributed by atoms with van der Waals surface area (Å²) < 4.78 is 0.973. The molecule has 6 nitrogen and oxygen atoms in total. The van der Waals surface area contributed by atoms with Crippen LogP contribution < -0.4 is 16.4 Å². The molecule has 2 fully saturated rings. The largest absolute Gasteiger partial charge is 0.351 e. The van der Waals surface area contributed by atoms with E-state index >= 15 is 0 Å². The van der Waals surface area contributed by atoms with Crippen LogP contribution in [0.3, 0.4) is 0 Å². The van der Waals surface area contributed by atoms with Crippen molar-refractivity contribution in [3.63, 3.8) is 0 Å². The standard InChI is InChI=1S/C27H41IN4O2/c1-19-13-20(2)15-23(14-19)18-32-12-10-24(31-25(9-11-29)27(32)34)17-30-26(33)8-7-21-3-5-22(16-28)6-4-21/h3-8,19-20,23-25,31H,9-18,29H2,1-2H3,(H,30,33)/b8-7+/t19?,20?,23?,24-,25-/m0/s1. The van der Waals surface area contributed by atoms with Crippen LogP contribution in [-0.2, 0) is 14.0 Å². The third-order valence-corrected chi connectivity index (χ3v) is 7.97. The van der Waals surface area contributed by atoms with Gasteiger partial charge in [-0.2, -0.15) is 0 Å². The fraction of sp³-hybridized carbons (Fsp3) is 0.630. The highest BCUT2D eigenvalue weighted by molar-refractivity contribution is 14.1. The smallest absolute Gasteiger partial charge is 0.244 e. The highest BCUT2D eigenvalue weighted by Gasteiger charge is 2.33. The predicted molar refractivity (Wildman–Crippen MR) is 147 cm³/mol. The van der Waals surface area contributed by atoms with E-state index in [4.69, 9.17) is 5.73 Å². The first-order valence-electron chi connectivity index (χ1n) is 12.7. The first-order chi connectivity index (χ1) is 16.4. The number of nitrogens with one attached hydrogen (secondary N) is 2. The molecule has 1 aromatic rings. The highest BCUT2D eigenvalue weighted by Crippen LogP contribution is 2.33. The van der Waals surface area contributed by atoms with E-state index in [0.717, 1.165) is 41.3 Å². The van der Waals surface area contributed by atoms with Crippen LogP contribution in [0.5, 0.6) is 0 Å². The van der Waals surface area contributed by atoms with Crippen molar-refractivity contribution < 1.29 is 9.59 Å². The molecule has 0 spiro atoms. The lowest BCUT2D eigenvalue weighted by Crippen LogP contribution is -2.50. The Kier molecular flexibility index (Phi) is 10.8. The molecule has 1 heterocycles. The van der Waals surface area contributed by atoms with Gasteiger partial charge in [-0.15, -0.1) is 0 Å². The molecule has 1 aromatic carbocycles. The van der Waals surface area contributed by atoms with Gasteiger partial charge in [-0.25, -0.2) is 0 Å². The van der Waals surface area contributed by atoms with E-state index in [0.29, 0.717) is 25.4 Å². The third kappa shape index (κ3) is 8.34. The van der Waals surface area contributed by atoms with Crippen LogP contribution in [0.4, 0.5) is 0 Å². The van der Waals surface area contributed by atoms with E-state index in [-0.39, 0.29) is 23.9 Å². The van der Waals surface area contributed by atoms with Gasteiger partial charge < -0.3 is 21.3 Å². The first kappa shape index (κ1) is 27.1. The molecule has 4 atom stereocenters. The molecule has 3 rings (SSSR count). The molecule has 1 aliphatic carbocycles. The average molecular weight is 581 g/mol. The van der Waals surface area contributed by atoms with Gasteiger partial charge in [-0.3, -0.25) is 9.59 Å². The van der Waals surface area contributed by atoms with Crippen molar-refractivity contribution >= 4 is 40.5 Å². The number of nitrogens with zero attached hydrogens (tertiary/aromatic N) is 1. The lowest BCUT2D eigenvalue weighted by atomic mass is 9.76. The molecule has 34 heavy (non-hydrogen) atoms. The third-order valence-electron chi connectivity index (χ3n) is 7.09. The Hall–Kier alpha value is -1.45. The second-order valence-corrected chi connectivity index (χ2v) is 11.1. The molecule has 2 unspecified atom stereocenters. The van der Waals surface area contributed by atoms with Gasteiger partial charge in [0.2, 0.25) is 11.8 Å². The molecule has 4 N–H and O–H groups in total. The van der Waals surface area contributed by atoms with Crippen LogP contribution in [0.15, 0.2) is 30.3 Å². The Bertz CT molecular complexity index is 818. The molecule has 2 aliphatic rings. The SMILES string of the molecule is CC1CC(C)CC(CN2CC[C@@H](CNC(=O)/C=C/c3ccc(CI)cc3)N[C@@H](CCN)C2=O)C1. The van der Waals surface area contributed by atoms with Gasteiger partial charge in [-0.1, -0.05) is 60.7 Å². The van der Waals surface area contributed by atoms with E-state index in [1.165, 1.54) is 24.8 Å². The first-order valence-corrected chi connectivity index (χ1v) is 14.3. The maximum absolute atomic E-state index is 13.3. The van der Waals surface area contributed by atoms with Crippen LogP contribution in [0.1, 0.15) is 57.1 Å². The summed E-state index contributed by atoms with van der Waals surface area (Å²) in [5.74, 6) is 2.09. The summed E-state index contributed by atoms with van der Waals surface area (Å²) in [6.45, 7) is 7.20. The van der Waals surface area contributed by atoms with Crippen molar-refractivity contribution in [1.82, 2.24) is 15.5 Å². The molecule has 1 saturated heterocycles. The molecule has 0 bridgehead atoms. The Morgan fingerprint density at radius 1 is 1.21 bits per heavy atom. The van der Waals surface area contributed by atoms with Gasteiger partial charge in [-0.05, 0) is 73.6 Å². The number of hydrogen-bond acceptors (Lipinski definition) is 4. The number of carbonyl (C=O) groups is 2. The highest BCUT2D eigenvalue weighted by atomic mass is 127. The molecular weight excluding hydrogens is 539 g/mol. The summed E-state index contributed by atoms with van der Waals surface area (Å²) in [5.41, 5.74) is 8.10. The van der Waals surface area contributed by atoms with Gasteiger partial charge in [0.05, 0.1) is 6.04 Å². The molecular formula is C27H41IN4O2. The van der Waals surface area contributed by atoms with Crippen molar-refractivity contribution in [3.05, 3.63) is 41.5 Å². The van der Waals surface area contributed by atoms with Crippen molar-refractivity contribution in [3.8, 4) is 0 Å². The Morgan fingerprint density at radius 2 is 1.91 bits per heavy atom. The quantitative estimate of drug-likeness (QED) is 0.236. The zero-order valence-electron chi connectivity index (χ0n) is 20.6. The zero-order valence-corrected chi connectivity index (χ0v) is 22.8. The monoisotopic (exact) mass is 580 g/mol. The second-order valence-electron chi connectivity index (χ2n) is 10.3. The molecule has 1 aliphatic heterocycles. The van der Waals surface area contributed by atoms with Crippen LogP contribution >= 0.6 is 22.6 Å². The van der Waals surface area contributed by atoms with Crippen LogP contribution in [0.2, 0.25) is 0 Å². The molecule has 0 aromatic heterocycles. The number of benzene rings is 1. The number of halogens is 1. The number of hydrogen-bond donors (Lipinski definition) is 3. The molecule has 0 radical (unpaired) electrons. The van der Waals surface area contributed by atoms with Crippen LogP contribution in [0.25, 0.3) is 6.08 Å². The summed E-state index contributed by atoms with van der Waals surface area (Å²) >= 11 is 2.34. The van der Waals surface area contributed by atoms with Gasteiger partial charge in [0.15, 0.2) is 0 Å². The molecule has 1 saturated carbocycles. The maximum Gasteiger partial charge on any atom is 0.244 e.